The predicted molar refractivity (Wildman–Crippen MR) is 58.9 cm³/mol. The predicted octanol–water partition coefficient (Wildman–Crippen LogP) is 2.84. The lowest BCUT2D eigenvalue weighted by atomic mass is 10.0. The molecule has 0 bridgehead atoms. The normalized spacial score (nSPS) is 27.3. The number of aromatic nitrogens is 2. The first-order chi connectivity index (χ1) is 7.31. The van der Waals surface area contributed by atoms with Crippen molar-refractivity contribution < 1.29 is 4.79 Å². The number of aldehydes is 1. The Hall–Kier alpha value is -1.12. The molecule has 82 valence electrons. The molecule has 1 aromatic heterocycles. The number of hydrogen-bond acceptors (Lipinski definition) is 2. The van der Waals surface area contributed by atoms with Crippen molar-refractivity contribution in [2.75, 3.05) is 0 Å². The minimum atomic E-state index is 0.484. The molecule has 1 aromatic rings. The molecular formula is C12H18N2O. The first kappa shape index (κ1) is 10.4. The van der Waals surface area contributed by atoms with Crippen LogP contribution in [-0.4, -0.2) is 15.8 Å². The molecule has 3 nitrogen and oxygen atoms in total. The Kier molecular flexibility index (Phi) is 3.19. The van der Waals surface area contributed by atoms with Crippen LogP contribution in [0.3, 0.4) is 0 Å². The van der Waals surface area contributed by atoms with E-state index in [1.54, 1.807) is 12.5 Å². The van der Waals surface area contributed by atoms with Crippen molar-refractivity contribution in [3.05, 3.63) is 18.2 Å². The van der Waals surface area contributed by atoms with Crippen molar-refractivity contribution in [3.8, 4) is 0 Å². The third kappa shape index (κ3) is 2.28. The summed E-state index contributed by atoms with van der Waals surface area (Å²) in [5, 5.41) is 0. The highest BCUT2D eigenvalue weighted by Crippen LogP contribution is 2.30. The fraction of sp³-hybridized carbons (Fsp3) is 0.667. The number of imidazole rings is 1. The third-order valence-electron chi connectivity index (χ3n) is 3.44. The summed E-state index contributed by atoms with van der Waals surface area (Å²) in [5.41, 5.74) is 0.717. The molecule has 1 aliphatic carbocycles. The smallest absolute Gasteiger partial charge is 0.168 e. The number of carbonyl (C=O) groups excluding carboxylic acids is 1. The minimum absolute atomic E-state index is 0.484. The van der Waals surface area contributed by atoms with Crippen LogP contribution in [0.5, 0.6) is 0 Å². The maximum Gasteiger partial charge on any atom is 0.168 e. The molecule has 15 heavy (non-hydrogen) atoms. The molecule has 1 aliphatic rings. The lowest BCUT2D eigenvalue weighted by Gasteiger charge is -2.17. The minimum Gasteiger partial charge on any atom is -0.325 e. The van der Waals surface area contributed by atoms with Crippen LogP contribution in [-0.2, 0) is 0 Å². The Labute approximate surface area is 90.5 Å². The number of hydrogen-bond donors (Lipinski definition) is 0. The van der Waals surface area contributed by atoms with Gasteiger partial charge in [-0.05, 0) is 25.2 Å². The molecule has 2 atom stereocenters. The van der Waals surface area contributed by atoms with Crippen LogP contribution in [0.4, 0.5) is 0 Å². The van der Waals surface area contributed by atoms with Gasteiger partial charge in [-0.15, -0.1) is 0 Å². The standard InChI is InChI=1S/C12H18N2O/c1-10-3-2-4-11(6-5-10)14-9-13-7-12(14)8-15/h7-11H,2-6H2,1H3. The Morgan fingerprint density at radius 3 is 3.07 bits per heavy atom. The molecule has 1 saturated carbocycles. The second-order valence-electron chi connectivity index (χ2n) is 4.61. The van der Waals surface area contributed by atoms with Gasteiger partial charge in [0.1, 0.15) is 5.69 Å². The molecular weight excluding hydrogens is 188 g/mol. The SMILES string of the molecule is CC1CCCC(n2cncc2C=O)CC1. The Morgan fingerprint density at radius 1 is 1.40 bits per heavy atom. The Bertz CT molecular complexity index is 332. The number of rotatable bonds is 2. The summed E-state index contributed by atoms with van der Waals surface area (Å²) in [6.07, 6.45) is 10.6. The molecule has 1 heterocycles. The van der Waals surface area contributed by atoms with Gasteiger partial charge >= 0.3 is 0 Å². The van der Waals surface area contributed by atoms with Gasteiger partial charge in [0.25, 0.3) is 0 Å². The largest absolute Gasteiger partial charge is 0.325 e. The summed E-state index contributed by atoms with van der Waals surface area (Å²) in [5.74, 6) is 0.832. The van der Waals surface area contributed by atoms with Gasteiger partial charge in [0.2, 0.25) is 0 Å². The van der Waals surface area contributed by atoms with Gasteiger partial charge in [-0.3, -0.25) is 4.79 Å². The van der Waals surface area contributed by atoms with E-state index in [1.807, 2.05) is 4.57 Å². The number of carbonyl (C=O) groups is 1. The van der Waals surface area contributed by atoms with Gasteiger partial charge in [0, 0.05) is 6.04 Å². The van der Waals surface area contributed by atoms with E-state index in [9.17, 15) is 4.79 Å². The molecule has 0 aliphatic heterocycles. The topological polar surface area (TPSA) is 34.9 Å². The molecule has 1 fully saturated rings. The van der Waals surface area contributed by atoms with E-state index >= 15 is 0 Å². The van der Waals surface area contributed by atoms with E-state index < -0.39 is 0 Å². The molecule has 0 N–H and O–H groups in total. The lowest BCUT2D eigenvalue weighted by Crippen LogP contribution is -2.10. The van der Waals surface area contributed by atoms with Gasteiger partial charge in [-0.2, -0.15) is 0 Å². The van der Waals surface area contributed by atoms with Crippen LogP contribution in [0.1, 0.15) is 55.6 Å². The third-order valence-corrected chi connectivity index (χ3v) is 3.44. The van der Waals surface area contributed by atoms with Crippen LogP contribution in [0.15, 0.2) is 12.5 Å². The zero-order valence-corrected chi connectivity index (χ0v) is 9.22. The highest BCUT2D eigenvalue weighted by molar-refractivity contribution is 5.71. The average molecular weight is 206 g/mol. The molecule has 0 radical (unpaired) electrons. The molecule has 0 saturated heterocycles. The van der Waals surface area contributed by atoms with Crippen LogP contribution in [0, 0.1) is 5.92 Å². The van der Waals surface area contributed by atoms with Gasteiger partial charge in [0.15, 0.2) is 6.29 Å². The van der Waals surface area contributed by atoms with E-state index in [2.05, 4.69) is 11.9 Å². The van der Waals surface area contributed by atoms with Crippen LogP contribution >= 0.6 is 0 Å². The van der Waals surface area contributed by atoms with Gasteiger partial charge < -0.3 is 4.57 Å². The second kappa shape index (κ2) is 4.60. The molecule has 0 spiro atoms. The van der Waals surface area contributed by atoms with E-state index in [0.717, 1.165) is 17.9 Å². The van der Waals surface area contributed by atoms with Gasteiger partial charge in [-0.25, -0.2) is 4.98 Å². The fourth-order valence-electron chi connectivity index (χ4n) is 2.46. The second-order valence-corrected chi connectivity index (χ2v) is 4.61. The fourth-order valence-corrected chi connectivity index (χ4v) is 2.46. The highest BCUT2D eigenvalue weighted by atomic mass is 16.1. The van der Waals surface area contributed by atoms with Crippen molar-refractivity contribution in [1.29, 1.82) is 0 Å². The van der Waals surface area contributed by atoms with Crippen LogP contribution in [0.2, 0.25) is 0 Å². The summed E-state index contributed by atoms with van der Waals surface area (Å²) in [6.45, 7) is 2.32. The molecule has 2 rings (SSSR count). The maximum atomic E-state index is 10.8. The monoisotopic (exact) mass is 206 g/mol. The Balaban J connectivity index is 2.12. The van der Waals surface area contributed by atoms with Crippen molar-refractivity contribution in [2.24, 2.45) is 5.92 Å². The van der Waals surface area contributed by atoms with E-state index in [0.29, 0.717) is 6.04 Å². The van der Waals surface area contributed by atoms with E-state index in [1.165, 1.54) is 32.1 Å². The van der Waals surface area contributed by atoms with E-state index in [-0.39, 0.29) is 0 Å². The molecule has 0 amide bonds. The summed E-state index contributed by atoms with van der Waals surface area (Å²) >= 11 is 0. The zero-order valence-electron chi connectivity index (χ0n) is 9.22. The average Bonchev–Trinajstić information content (AvgIpc) is 2.61. The number of nitrogens with zero attached hydrogens (tertiary/aromatic N) is 2. The van der Waals surface area contributed by atoms with Crippen molar-refractivity contribution >= 4 is 6.29 Å². The first-order valence-electron chi connectivity index (χ1n) is 5.78. The lowest BCUT2D eigenvalue weighted by molar-refractivity contribution is 0.111. The van der Waals surface area contributed by atoms with Crippen LogP contribution < -0.4 is 0 Å². The van der Waals surface area contributed by atoms with Gasteiger partial charge in [-0.1, -0.05) is 19.8 Å². The summed E-state index contributed by atoms with van der Waals surface area (Å²) < 4.78 is 2.05. The quantitative estimate of drug-likeness (QED) is 0.551. The highest BCUT2D eigenvalue weighted by Gasteiger charge is 2.18. The summed E-state index contributed by atoms with van der Waals surface area (Å²) in [7, 11) is 0. The maximum absolute atomic E-state index is 10.8. The van der Waals surface area contributed by atoms with Crippen LogP contribution in [0.25, 0.3) is 0 Å². The van der Waals surface area contributed by atoms with Crippen molar-refractivity contribution in [3.63, 3.8) is 0 Å². The summed E-state index contributed by atoms with van der Waals surface area (Å²) in [4.78, 5) is 14.9. The van der Waals surface area contributed by atoms with Crippen molar-refractivity contribution in [1.82, 2.24) is 9.55 Å². The summed E-state index contributed by atoms with van der Waals surface area (Å²) in [6, 6.07) is 0.484. The molecule has 2 unspecified atom stereocenters. The zero-order chi connectivity index (χ0) is 10.7. The molecule has 3 heteroatoms. The van der Waals surface area contributed by atoms with Gasteiger partial charge in [0.05, 0.1) is 12.5 Å². The van der Waals surface area contributed by atoms with E-state index in [4.69, 9.17) is 0 Å². The molecule has 0 aromatic carbocycles. The Morgan fingerprint density at radius 2 is 2.27 bits per heavy atom. The van der Waals surface area contributed by atoms with Crippen molar-refractivity contribution in [2.45, 2.75) is 45.1 Å². The first-order valence-corrected chi connectivity index (χ1v) is 5.78.